The van der Waals surface area contributed by atoms with Crippen LogP contribution in [0.25, 0.3) is 0 Å². The fourth-order valence-corrected chi connectivity index (χ4v) is 3.63. The molecular weight excluding hydrogens is 447 g/mol. The van der Waals surface area contributed by atoms with E-state index in [0.717, 1.165) is 30.7 Å². The Bertz CT molecular complexity index is 1020. The van der Waals surface area contributed by atoms with Crippen LogP contribution < -0.4 is 22.1 Å². The SMILES string of the molecule is Nc1cc(CN2CCC(NC(=O)CNC(=O)c3cc(C(F)(F)F)ccc3N)C2)ccc1Cl. The minimum absolute atomic E-state index is 0.106. The molecule has 2 amide bonds. The molecule has 2 aromatic rings. The number of nitrogens with two attached hydrogens (primary N) is 2. The number of hydrogen-bond donors (Lipinski definition) is 4. The van der Waals surface area contributed by atoms with Crippen LogP contribution in [0.15, 0.2) is 36.4 Å². The molecule has 0 aliphatic carbocycles. The van der Waals surface area contributed by atoms with Gasteiger partial charge < -0.3 is 22.1 Å². The molecule has 11 heteroatoms. The molecule has 0 saturated carbocycles. The number of nitrogen functional groups attached to an aromatic ring is 2. The molecule has 1 aliphatic rings. The second kappa shape index (κ2) is 9.66. The van der Waals surface area contributed by atoms with Crippen molar-refractivity contribution in [1.29, 1.82) is 0 Å². The van der Waals surface area contributed by atoms with Crippen molar-refractivity contribution >= 4 is 34.8 Å². The van der Waals surface area contributed by atoms with Crippen LogP contribution in [0.1, 0.15) is 27.9 Å². The molecule has 0 spiro atoms. The summed E-state index contributed by atoms with van der Waals surface area (Å²) in [6.07, 6.45) is -3.88. The molecule has 1 atom stereocenters. The second-order valence-electron chi connectivity index (χ2n) is 7.63. The maximum Gasteiger partial charge on any atom is 0.416 e. The molecule has 1 fully saturated rings. The summed E-state index contributed by atoms with van der Waals surface area (Å²) in [5.41, 5.74) is 11.5. The molecule has 1 heterocycles. The van der Waals surface area contributed by atoms with Gasteiger partial charge in [-0.05, 0) is 42.3 Å². The third-order valence-electron chi connectivity index (χ3n) is 5.14. The first-order valence-electron chi connectivity index (χ1n) is 9.83. The van der Waals surface area contributed by atoms with E-state index < -0.39 is 23.6 Å². The highest BCUT2D eigenvalue weighted by atomic mass is 35.5. The van der Waals surface area contributed by atoms with Gasteiger partial charge in [0.2, 0.25) is 5.91 Å². The lowest BCUT2D eigenvalue weighted by Gasteiger charge is -2.17. The summed E-state index contributed by atoms with van der Waals surface area (Å²) >= 11 is 5.93. The van der Waals surface area contributed by atoms with Crippen LogP contribution in [0.4, 0.5) is 24.5 Å². The van der Waals surface area contributed by atoms with E-state index in [-0.39, 0.29) is 23.8 Å². The topological polar surface area (TPSA) is 113 Å². The van der Waals surface area contributed by atoms with Crippen LogP contribution in [0.3, 0.4) is 0 Å². The number of carbonyl (C=O) groups is 2. The summed E-state index contributed by atoms with van der Waals surface area (Å²) in [4.78, 5) is 26.6. The fraction of sp³-hybridized carbons (Fsp3) is 0.333. The number of carbonyl (C=O) groups excluding carboxylic acids is 2. The number of likely N-dealkylation sites (tertiary alicyclic amines) is 1. The molecule has 0 bridgehead atoms. The summed E-state index contributed by atoms with van der Waals surface area (Å²) < 4.78 is 38.6. The van der Waals surface area contributed by atoms with Crippen molar-refractivity contribution in [3.8, 4) is 0 Å². The number of hydrogen-bond acceptors (Lipinski definition) is 5. The first kappa shape index (κ1) is 23.7. The van der Waals surface area contributed by atoms with Crippen LogP contribution in [-0.4, -0.2) is 42.4 Å². The maximum atomic E-state index is 12.9. The predicted molar refractivity (Wildman–Crippen MR) is 116 cm³/mol. The monoisotopic (exact) mass is 469 g/mol. The van der Waals surface area contributed by atoms with Gasteiger partial charge in [-0.25, -0.2) is 0 Å². The van der Waals surface area contributed by atoms with Gasteiger partial charge in [-0.1, -0.05) is 17.7 Å². The van der Waals surface area contributed by atoms with E-state index in [1.165, 1.54) is 0 Å². The van der Waals surface area contributed by atoms with E-state index in [2.05, 4.69) is 15.5 Å². The van der Waals surface area contributed by atoms with Gasteiger partial charge in [-0.3, -0.25) is 14.5 Å². The van der Waals surface area contributed by atoms with E-state index in [1.54, 1.807) is 6.07 Å². The van der Waals surface area contributed by atoms with E-state index in [9.17, 15) is 22.8 Å². The number of amides is 2. The highest BCUT2D eigenvalue weighted by Gasteiger charge is 2.31. The number of rotatable bonds is 6. The molecule has 1 saturated heterocycles. The largest absolute Gasteiger partial charge is 0.416 e. The average molecular weight is 470 g/mol. The van der Waals surface area contributed by atoms with Crippen molar-refractivity contribution in [3.63, 3.8) is 0 Å². The average Bonchev–Trinajstić information content (AvgIpc) is 3.15. The molecule has 7 nitrogen and oxygen atoms in total. The Balaban J connectivity index is 1.48. The van der Waals surface area contributed by atoms with E-state index in [4.69, 9.17) is 23.1 Å². The van der Waals surface area contributed by atoms with Gasteiger partial charge in [0.1, 0.15) is 0 Å². The van der Waals surface area contributed by atoms with Crippen LogP contribution >= 0.6 is 11.6 Å². The first-order valence-corrected chi connectivity index (χ1v) is 10.2. The molecule has 3 rings (SSSR count). The first-order chi connectivity index (χ1) is 15.0. The van der Waals surface area contributed by atoms with Gasteiger partial charge in [-0.2, -0.15) is 13.2 Å². The molecule has 6 N–H and O–H groups in total. The smallest absolute Gasteiger partial charge is 0.398 e. The van der Waals surface area contributed by atoms with E-state index in [1.807, 2.05) is 12.1 Å². The number of nitrogens with one attached hydrogen (secondary N) is 2. The zero-order chi connectivity index (χ0) is 23.5. The van der Waals surface area contributed by atoms with E-state index in [0.29, 0.717) is 29.9 Å². The Morgan fingerprint density at radius 3 is 2.56 bits per heavy atom. The van der Waals surface area contributed by atoms with Gasteiger partial charge in [0, 0.05) is 31.4 Å². The van der Waals surface area contributed by atoms with Crippen molar-refractivity contribution < 1.29 is 22.8 Å². The quantitative estimate of drug-likeness (QED) is 0.486. The summed E-state index contributed by atoms with van der Waals surface area (Å²) in [6, 6.07) is 7.80. The van der Waals surface area contributed by atoms with Crippen molar-refractivity contribution in [2.24, 2.45) is 0 Å². The zero-order valence-corrected chi connectivity index (χ0v) is 17.8. The Labute approximate surface area is 187 Å². The lowest BCUT2D eigenvalue weighted by atomic mass is 10.1. The standard InChI is InChI=1S/C21H23ClF3N5O2/c22-16-3-1-12(7-18(16)27)10-30-6-5-14(11-30)29-19(31)9-28-20(32)15-8-13(21(23,24)25)2-4-17(15)26/h1-4,7-8,14H,5-6,9-11,26-27H2,(H,28,32)(H,29,31). The summed E-state index contributed by atoms with van der Waals surface area (Å²) in [6.45, 7) is 1.65. The number of nitrogens with zero attached hydrogens (tertiary/aromatic N) is 1. The van der Waals surface area contributed by atoms with Gasteiger partial charge in [0.25, 0.3) is 5.91 Å². The Morgan fingerprint density at radius 1 is 1.12 bits per heavy atom. The van der Waals surface area contributed by atoms with Gasteiger partial charge >= 0.3 is 6.18 Å². The van der Waals surface area contributed by atoms with Crippen molar-refractivity contribution in [3.05, 3.63) is 58.1 Å². The summed E-state index contributed by atoms with van der Waals surface area (Å²) in [5.74, 6) is -1.29. The summed E-state index contributed by atoms with van der Waals surface area (Å²) in [7, 11) is 0. The van der Waals surface area contributed by atoms with Gasteiger partial charge in [-0.15, -0.1) is 0 Å². The molecule has 1 aliphatic heterocycles. The second-order valence-corrected chi connectivity index (χ2v) is 8.03. The van der Waals surface area contributed by atoms with Crippen molar-refractivity contribution in [2.75, 3.05) is 31.1 Å². The molecular formula is C21H23ClF3N5O2. The third kappa shape index (κ3) is 6.04. The molecule has 172 valence electrons. The molecule has 32 heavy (non-hydrogen) atoms. The number of benzene rings is 2. The normalized spacial score (nSPS) is 16.7. The Kier molecular flexibility index (Phi) is 7.15. The zero-order valence-electron chi connectivity index (χ0n) is 17.0. The van der Waals surface area contributed by atoms with Gasteiger partial charge in [0.15, 0.2) is 0 Å². The highest BCUT2D eigenvalue weighted by molar-refractivity contribution is 6.33. The fourth-order valence-electron chi connectivity index (χ4n) is 3.51. The van der Waals surface area contributed by atoms with Crippen molar-refractivity contribution in [1.82, 2.24) is 15.5 Å². The maximum absolute atomic E-state index is 12.9. The molecule has 0 aromatic heterocycles. The molecule has 2 aromatic carbocycles. The lowest BCUT2D eigenvalue weighted by molar-refractivity contribution is -0.137. The van der Waals surface area contributed by atoms with E-state index >= 15 is 0 Å². The minimum atomic E-state index is -4.60. The lowest BCUT2D eigenvalue weighted by Crippen LogP contribution is -2.43. The predicted octanol–water partition coefficient (Wildman–Crippen LogP) is 2.64. The van der Waals surface area contributed by atoms with Crippen LogP contribution in [0.2, 0.25) is 5.02 Å². The number of anilines is 2. The number of alkyl halides is 3. The minimum Gasteiger partial charge on any atom is -0.398 e. The number of halogens is 4. The van der Waals surface area contributed by atoms with Crippen molar-refractivity contribution in [2.45, 2.75) is 25.2 Å². The third-order valence-corrected chi connectivity index (χ3v) is 5.48. The van der Waals surface area contributed by atoms with Crippen LogP contribution in [0.5, 0.6) is 0 Å². The van der Waals surface area contributed by atoms with Gasteiger partial charge in [0.05, 0.1) is 28.4 Å². The van der Waals surface area contributed by atoms with Crippen LogP contribution in [-0.2, 0) is 17.5 Å². The molecule has 0 radical (unpaired) electrons. The van der Waals surface area contributed by atoms with Crippen LogP contribution in [0, 0.1) is 0 Å². The Morgan fingerprint density at radius 2 is 1.88 bits per heavy atom. The Hall–Kier alpha value is -2.98. The summed E-state index contributed by atoms with van der Waals surface area (Å²) in [5, 5.41) is 5.63. The molecule has 1 unspecified atom stereocenters. The highest BCUT2D eigenvalue weighted by Crippen LogP contribution is 2.31.